The minimum absolute atomic E-state index is 0.0986. The number of alkyl carbamates (subject to hydrolysis) is 1. The molecule has 1 N–H and O–H groups in total. The fourth-order valence-electron chi connectivity index (χ4n) is 0.914. The summed E-state index contributed by atoms with van der Waals surface area (Å²) < 4.78 is 8.85. The van der Waals surface area contributed by atoms with Gasteiger partial charge in [0.2, 0.25) is 5.78 Å². The molecule has 0 fully saturated rings. The van der Waals surface area contributed by atoms with Crippen molar-refractivity contribution >= 4 is 23.4 Å². The van der Waals surface area contributed by atoms with Gasteiger partial charge in [0.1, 0.15) is 11.3 Å². The van der Waals surface area contributed by atoms with Gasteiger partial charge < -0.3 is 10.1 Å². The lowest BCUT2D eigenvalue weighted by Crippen LogP contribution is -2.35. The number of hydrogen-bond donors (Lipinski definition) is 1. The molecule has 0 spiro atoms. The molecule has 0 aliphatic carbocycles. The number of carbonyl (C=O) groups is 2. The standard InChI is InChI=1S/C10H14N2O3S/c1-10(2,3)15-9(14)11-6-8(13)7-4-5-16-12-7/h4-5H,6H2,1-3H3,(H,11,14). The van der Waals surface area contributed by atoms with Crippen LogP contribution in [0.25, 0.3) is 0 Å². The van der Waals surface area contributed by atoms with Gasteiger partial charge in [-0.15, -0.1) is 0 Å². The van der Waals surface area contributed by atoms with Gasteiger partial charge in [-0.2, -0.15) is 4.37 Å². The first-order chi connectivity index (χ1) is 7.38. The summed E-state index contributed by atoms with van der Waals surface area (Å²) in [5.74, 6) is -0.230. The summed E-state index contributed by atoms with van der Waals surface area (Å²) in [7, 11) is 0. The first-order valence-corrected chi connectivity index (χ1v) is 5.62. The van der Waals surface area contributed by atoms with Gasteiger partial charge in [-0.05, 0) is 38.4 Å². The molecule has 0 saturated carbocycles. The predicted molar refractivity (Wildman–Crippen MR) is 60.7 cm³/mol. The number of amides is 1. The highest BCUT2D eigenvalue weighted by Crippen LogP contribution is 2.06. The third-order valence-electron chi connectivity index (χ3n) is 1.52. The van der Waals surface area contributed by atoms with Crippen LogP contribution in [-0.2, 0) is 4.74 Å². The molecule has 16 heavy (non-hydrogen) atoms. The van der Waals surface area contributed by atoms with Gasteiger partial charge in [0.15, 0.2) is 0 Å². The summed E-state index contributed by atoms with van der Waals surface area (Å²) in [5, 5.41) is 4.09. The lowest BCUT2D eigenvalue weighted by Gasteiger charge is -2.19. The first-order valence-electron chi connectivity index (χ1n) is 4.79. The van der Waals surface area contributed by atoms with E-state index in [1.54, 1.807) is 32.2 Å². The first kappa shape index (κ1) is 12.6. The molecule has 0 bridgehead atoms. The van der Waals surface area contributed by atoms with E-state index in [4.69, 9.17) is 4.74 Å². The summed E-state index contributed by atoms with van der Waals surface area (Å²) in [6, 6.07) is 1.61. The zero-order chi connectivity index (χ0) is 12.2. The van der Waals surface area contributed by atoms with Crippen LogP contribution in [0.2, 0.25) is 0 Å². The van der Waals surface area contributed by atoms with Gasteiger partial charge in [0.25, 0.3) is 0 Å². The molecule has 0 aliphatic rings. The van der Waals surface area contributed by atoms with E-state index in [0.717, 1.165) is 0 Å². The molecular formula is C10H14N2O3S. The Labute approximate surface area is 98.0 Å². The number of carbonyl (C=O) groups excluding carboxylic acids is 2. The van der Waals surface area contributed by atoms with Crippen LogP contribution in [-0.4, -0.2) is 28.4 Å². The molecule has 0 unspecified atom stereocenters. The lowest BCUT2D eigenvalue weighted by molar-refractivity contribution is 0.0520. The summed E-state index contributed by atoms with van der Waals surface area (Å²) >= 11 is 1.20. The highest BCUT2D eigenvalue weighted by atomic mass is 32.1. The molecule has 88 valence electrons. The van der Waals surface area contributed by atoms with E-state index in [1.807, 2.05) is 0 Å². The highest BCUT2D eigenvalue weighted by Gasteiger charge is 2.17. The zero-order valence-corrected chi connectivity index (χ0v) is 10.3. The molecule has 5 nitrogen and oxygen atoms in total. The molecule has 0 aliphatic heterocycles. The van der Waals surface area contributed by atoms with Crippen molar-refractivity contribution in [2.24, 2.45) is 0 Å². The molecule has 1 aromatic rings. The van der Waals surface area contributed by atoms with E-state index in [-0.39, 0.29) is 12.3 Å². The smallest absolute Gasteiger partial charge is 0.408 e. The van der Waals surface area contributed by atoms with Crippen LogP contribution >= 0.6 is 11.5 Å². The second-order valence-corrected chi connectivity index (χ2v) is 4.83. The zero-order valence-electron chi connectivity index (χ0n) is 9.44. The van der Waals surface area contributed by atoms with E-state index in [1.165, 1.54) is 11.5 Å². The van der Waals surface area contributed by atoms with Crippen LogP contribution in [0.15, 0.2) is 11.4 Å². The van der Waals surface area contributed by atoms with Gasteiger partial charge in [-0.25, -0.2) is 4.79 Å². The lowest BCUT2D eigenvalue weighted by atomic mass is 10.2. The Balaban J connectivity index is 2.35. The van der Waals surface area contributed by atoms with Gasteiger partial charge >= 0.3 is 6.09 Å². The Morgan fingerprint density at radius 3 is 2.69 bits per heavy atom. The van der Waals surface area contributed by atoms with Crippen molar-refractivity contribution in [2.45, 2.75) is 26.4 Å². The van der Waals surface area contributed by atoms with Crippen molar-refractivity contribution in [3.05, 3.63) is 17.1 Å². The molecule has 0 atom stereocenters. The van der Waals surface area contributed by atoms with Crippen LogP contribution < -0.4 is 5.32 Å². The summed E-state index contributed by atoms with van der Waals surface area (Å²) in [6.07, 6.45) is -0.601. The van der Waals surface area contributed by atoms with Gasteiger partial charge in [-0.1, -0.05) is 0 Å². The fraction of sp³-hybridized carbons (Fsp3) is 0.500. The number of hydrogen-bond acceptors (Lipinski definition) is 5. The van der Waals surface area contributed by atoms with Gasteiger partial charge in [-0.3, -0.25) is 4.79 Å². The van der Waals surface area contributed by atoms with E-state index in [9.17, 15) is 9.59 Å². The maximum absolute atomic E-state index is 11.4. The Hall–Kier alpha value is -1.43. The van der Waals surface area contributed by atoms with Crippen molar-refractivity contribution < 1.29 is 14.3 Å². The normalized spacial score (nSPS) is 10.9. The number of aromatic nitrogens is 1. The van der Waals surface area contributed by atoms with Crippen molar-refractivity contribution in [2.75, 3.05) is 6.54 Å². The van der Waals surface area contributed by atoms with Crippen LogP contribution in [0, 0.1) is 0 Å². The number of ketones is 1. The van der Waals surface area contributed by atoms with E-state index < -0.39 is 11.7 Å². The van der Waals surface area contributed by atoms with Gasteiger partial charge in [0.05, 0.1) is 6.54 Å². The van der Waals surface area contributed by atoms with Crippen LogP contribution in [0.4, 0.5) is 4.79 Å². The summed E-state index contributed by atoms with van der Waals surface area (Å²) in [4.78, 5) is 22.7. The van der Waals surface area contributed by atoms with Crippen molar-refractivity contribution in [3.63, 3.8) is 0 Å². The Morgan fingerprint density at radius 2 is 2.19 bits per heavy atom. The Kier molecular flexibility index (Phi) is 4.00. The largest absolute Gasteiger partial charge is 0.444 e. The minimum atomic E-state index is -0.601. The monoisotopic (exact) mass is 242 g/mol. The van der Waals surface area contributed by atoms with Crippen LogP contribution in [0.3, 0.4) is 0 Å². The maximum Gasteiger partial charge on any atom is 0.408 e. The van der Waals surface area contributed by atoms with Gasteiger partial charge in [0, 0.05) is 5.38 Å². The summed E-state index contributed by atoms with van der Waals surface area (Å²) in [6.45, 7) is 5.18. The Morgan fingerprint density at radius 1 is 1.50 bits per heavy atom. The quantitative estimate of drug-likeness (QED) is 0.821. The molecule has 6 heteroatoms. The summed E-state index contributed by atoms with van der Waals surface area (Å²) in [5.41, 5.74) is -0.200. The van der Waals surface area contributed by atoms with E-state index >= 15 is 0 Å². The Bertz CT molecular complexity index is 368. The molecule has 1 rings (SSSR count). The van der Waals surface area contributed by atoms with Crippen molar-refractivity contribution in [1.29, 1.82) is 0 Å². The second-order valence-electron chi connectivity index (χ2n) is 4.16. The number of ether oxygens (including phenoxy) is 1. The molecular weight excluding hydrogens is 228 g/mol. The number of rotatable bonds is 3. The predicted octanol–water partition coefficient (Wildman–Crippen LogP) is 1.85. The molecule has 0 radical (unpaired) electrons. The molecule has 0 aromatic carbocycles. The average Bonchev–Trinajstić information content (AvgIpc) is 2.64. The number of nitrogens with one attached hydrogen (secondary N) is 1. The third kappa shape index (κ3) is 4.39. The SMILES string of the molecule is CC(C)(C)OC(=O)NCC(=O)c1ccsn1. The highest BCUT2D eigenvalue weighted by molar-refractivity contribution is 7.03. The fourth-order valence-corrected chi connectivity index (χ4v) is 1.44. The average molecular weight is 242 g/mol. The van der Waals surface area contributed by atoms with E-state index in [0.29, 0.717) is 5.69 Å². The van der Waals surface area contributed by atoms with Crippen molar-refractivity contribution in [3.8, 4) is 0 Å². The third-order valence-corrected chi connectivity index (χ3v) is 2.08. The molecule has 1 aromatic heterocycles. The number of Topliss-reactive ketones (excluding diaryl/α,β-unsaturated/α-hetero) is 1. The van der Waals surface area contributed by atoms with Crippen LogP contribution in [0.1, 0.15) is 31.3 Å². The molecule has 1 heterocycles. The second kappa shape index (κ2) is 5.07. The van der Waals surface area contributed by atoms with Crippen LogP contribution in [0.5, 0.6) is 0 Å². The molecule has 1 amide bonds. The minimum Gasteiger partial charge on any atom is -0.444 e. The van der Waals surface area contributed by atoms with E-state index in [2.05, 4.69) is 9.69 Å². The maximum atomic E-state index is 11.4. The number of nitrogens with zero attached hydrogens (tertiary/aromatic N) is 1. The topological polar surface area (TPSA) is 68.3 Å². The van der Waals surface area contributed by atoms with Crippen molar-refractivity contribution in [1.82, 2.24) is 9.69 Å². The molecule has 0 saturated heterocycles.